The third-order valence-electron chi connectivity index (χ3n) is 5.61. The first-order chi connectivity index (χ1) is 12.3. The molecule has 1 aromatic carbocycles. The number of carbonyl (C=O) groups is 1. The Bertz CT molecular complexity index is 535. The molecule has 3 rings (SSSR count). The predicted molar refractivity (Wildman–Crippen MR) is 101 cm³/mol. The topological polar surface area (TPSA) is 41.6 Å². The monoisotopic (exact) mass is 344 g/mol. The number of likely N-dealkylation sites (tertiary alicyclic amines) is 1. The van der Waals surface area contributed by atoms with Crippen molar-refractivity contribution in [3.63, 3.8) is 0 Å². The summed E-state index contributed by atoms with van der Waals surface area (Å²) in [5.41, 5.74) is 0.773. The number of hydrogen-bond donors (Lipinski definition) is 1. The molecule has 1 aromatic rings. The van der Waals surface area contributed by atoms with E-state index in [1.54, 1.807) is 0 Å². The van der Waals surface area contributed by atoms with Crippen LogP contribution in [-0.4, -0.2) is 44.1 Å². The van der Waals surface area contributed by atoms with Gasteiger partial charge in [-0.3, -0.25) is 4.79 Å². The van der Waals surface area contributed by atoms with Gasteiger partial charge in [-0.2, -0.15) is 0 Å². The van der Waals surface area contributed by atoms with Crippen LogP contribution in [0.15, 0.2) is 24.3 Å². The molecule has 1 atom stereocenters. The molecule has 0 radical (unpaired) electrons. The Kier molecular flexibility index (Phi) is 6.74. The zero-order valence-corrected chi connectivity index (χ0v) is 15.5. The summed E-state index contributed by atoms with van der Waals surface area (Å²) in [5.74, 6) is 2.31. The molecule has 1 saturated carbocycles. The van der Waals surface area contributed by atoms with Crippen molar-refractivity contribution in [3.8, 4) is 5.75 Å². The van der Waals surface area contributed by atoms with Gasteiger partial charge in [-0.15, -0.1) is 0 Å². The molecular weight excluding hydrogens is 312 g/mol. The van der Waals surface area contributed by atoms with Crippen LogP contribution in [0.4, 0.5) is 0 Å². The number of piperidine rings is 1. The van der Waals surface area contributed by atoms with Crippen molar-refractivity contribution in [2.45, 2.75) is 44.9 Å². The number of amides is 1. The van der Waals surface area contributed by atoms with Gasteiger partial charge in [-0.1, -0.05) is 19.3 Å². The summed E-state index contributed by atoms with van der Waals surface area (Å²) in [4.78, 5) is 14.7. The maximum atomic E-state index is 12.7. The van der Waals surface area contributed by atoms with Crippen molar-refractivity contribution >= 4 is 5.91 Å². The standard InChI is InChI=1S/C21H32N2O2/c1-22-14-18-8-5-13-23(15-18)21(24)19-9-11-20(12-10-19)25-16-17-6-3-2-4-7-17/h9-12,17-18,22H,2-8,13-16H2,1H3. The maximum Gasteiger partial charge on any atom is 0.253 e. The highest BCUT2D eigenvalue weighted by Crippen LogP contribution is 2.25. The molecule has 4 nitrogen and oxygen atoms in total. The van der Waals surface area contributed by atoms with Crippen molar-refractivity contribution < 1.29 is 9.53 Å². The van der Waals surface area contributed by atoms with E-state index >= 15 is 0 Å². The minimum Gasteiger partial charge on any atom is -0.493 e. The van der Waals surface area contributed by atoms with E-state index in [0.29, 0.717) is 11.8 Å². The second-order valence-electron chi connectivity index (χ2n) is 7.66. The molecule has 1 aliphatic carbocycles. The van der Waals surface area contributed by atoms with E-state index in [1.165, 1.54) is 38.5 Å². The largest absolute Gasteiger partial charge is 0.493 e. The van der Waals surface area contributed by atoms with E-state index in [4.69, 9.17) is 4.74 Å². The molecule has 1 saturated heterocycles. The van der Waals surface area contributed by atoms with Crippen LogP contribution in [0.1, 0.15) is 55.3 Å². The van der Waals surface area contributed by atoms with Gasteiger partial charge in [-0.05, 0) is 75.4 Å². The van der Waals surface area contributed by atoms with Crippen molar-refractivity contribution in [2.75, 3.05) is 33.3 Å². The van der Waals surface area contributed by atoms with E-state index in [-0.39, 0.29) is 5.91 Å². The number of benzene rings is 1. The molecule has 25 heavy (non-hydrogen) atoms. The lowest BCUT2D eigenvalue weighted by atomic mass is 9.90. The van der Waals surface area contributed by atoms with Gasteiger partial charge in [0.05, 0.1) is 6.61 Å². The van der Waals surface area contributed by atoms with Gasteiger partial charge >= 0.3 is 0 Å². The number of nitrogens with zero attached hydrogens (tertiary/aromatic N) is 1. The van der Waals surface area contributed by atoms with Crippen molar-refractivity contribution in [1.29, 1.82) is 0 Å². The molecule has 2 aliphatic rings. The Balaban J connectivity index is 1.51. The Morgan fingerprint density at radius 3 is 2.52 bits per heavy atom. The fraction of sp³-hybridized carbons (Fsp3) is 0.667. The number of rotatable bonds is 6. The Morgan fingerprint density at radius 2 is 1.80 bits per heavy atom. The Labute approximate surface area is 151 Å². The van der Waals surface area contributed by atoms with Gasteiger partial charge in [-0.25, -0.2) is 0 Å². The molecule has 0 aromatic heterocycles. The van der Waals surface area contributed by atoms with E-state index in [0.717, 1.165) is 44.0 Å². The normalized spacial score (nSPS) is 22.0. The van der Waals surface area contributed by atoms with Gasteiger partial charge in [0.25, 0.3) is 5.91 Å². The van der Waals surface area contributed by atoms with Crippen molar-refractivity contribution in [3.05, 3.63) is 29.8 Å². The molecule has 1 N–H and O–H groups in total. The summed E-state index contributed by atoms with van der Waals surface area (Å²) in [5, 5.41) is 3.23. The molecule has 1 heterocycles. The first-order valence-electron chi connectivity index (χ1n) is 9.93. The number of carbonyl (C=O) groups excluding carboxylic acids is 1. The third-order valence-corrected chi connectivity index (χ3v) is 5.61. The van der Waals surface area contributed by atoms with Crippen molar-refractivity contribution in [2.24, 2.45) is 11.8 Å². The fourth-order valence-corrected chi connectivity index (χ4v) is 4.15. The minimum absolute atomic E-state index is 0.152. The van der Waals surface area contributed by atoms with Crippen LogP contribution in [-0.2, 0) is 0 Å². The van der Waals surface area contributed by atoms with Crippen LogP contribution in [0.25, 0.3) is 0 Å². The average molecular weight is 344 g/mol. The number of ether oxygens (including phenoxy) is 1. The minimum atomic E-state index is 0.152. The first kappa shape index (κ1) is 18.2. The van der Waals surface area contributed by atoms with E-state index in [1.807, 2.05) is 36.2 Å². The second kappa shape index (κ2) is 9.23. The quantitative estimate of drug-likeness (QED) is 0.855. The summed E-state index contributed by atoms with van der Waals surface area (Å²) in [7, 11) is 1.98. The first-order valence-corrected chi connectivity index (χ1v) is 9.93. The van der Waals surface area contributed by atoms with Gasteiger partial charge in [0.2, 0.25) is 0 Å². The highest BCUT2D eigenvalue weighted by atomic mass is 16.5. The highest BCUT2D eigenvalue weighted by Gasteiger charge is 2.24. The van der Waals surface area contributed by atoms with Crippen LogP contribution in [0.2, 0.25) is 0 Å². The summed E-state index contributed by atoms with van der Waals surface area (Å²) in [6, 6.07) is 7.73. The lowest BCUT2D eigenvalue weighted by molar-refractivity contribution is 0.0674. The molecule has 2 fully saturated rings. The Hall–Kier alpha value is -1.55. The van der Waals surface area contributed by atoms with Crippen LogP contribution >= 0.6 is 0 Å². The van der Waals surface area contributed by atoms with E-state index in [2.05, 4.69) is 5.32 Å². The predicted octanol–water partition coefficient (Wildman–Crippen LogP) is 3.72. The van der Waals surface area contributed by atoms with Crippen molar-refractivity contribution in [1.82, 2.24) is 10.2 Å². The molecule has 4 heteroatoms. The second-order valence-corrected chi connectivity index (χ2v) is 7.66. The molecule has 1 unspecified atom stereocenters. The fourth-order valence-electron chi connectivity index (χ4n) is 4.15. The van der Waals surface area contributed by atoms with Gasteiger partial charge < -0.3 is 15.0 Å². The smallest absolute Gasteiger partial charge is 0.253 e. The zero-order valence-electron chi connectivity index (χ0n) is 15.5. The SMILES string of the molecule is CNCC1CCCN(C(=O)c2ccc(OCC3CCCCC3)cc2)C1. The summed E-state index contributed by atoms with van der Waals surface area (Å²) in [6.07, 6.45) is 8.94. The zero-order chi connectivity index (χ0) is 17.5. The summed E-state index contributed by atoms with van der Waals surface area (Å²) in [6.45, 7) is 3.53. The lowest BCUT2D eigenvalue weighted by Crippen LogP contribution is -2.42. The molecule has 138 valence electrons. The number of nitrogens with one attached hydrogen (secondary N) is 1. The van der Waals surface area contributed by atoms with Crippen LogP contribution in [0.5, 0.6) is 5.75 Å². The maximum absolute atomic E-state index is 12.7. The Morgan fingerprint density at radius 1 is 1.08 bits per heavy atom. The molecule has 0 spiro atoms. The number of hydrogen-bond acceptors (Lipinski definition) is 3. The summed E-state index contributed by atoms with van der Waals surface area (Å²) >= 11 is 0. The van der Waals surface area contributed by atoms with Gasteiger partial charge in [0.15, 0.2) is 0 Å². The molecule has 0 bridgehead atoms. The van der Waals surface area contributed by atoms with E-state index < -0.39 is 0 Å². The highest BCUT2D eigenvalue weighted by molar-refractivity contribution is 5.94. The van der Waals surface area contributed by atoms with Crippen LogP contribution in [0.3, 0.4) is 0 Å². The average Bonchev–Trinajstić information content (AvgIpc) is 2.67. The van der Waals surface area contributed by atoms with Crippen LogP contribution < -0.4 is 10.1 Å². The van der Waals surface area contributed by atoms with Gasteiger partial charge in [0, 0.05) is 18.7 Å². The lowest BCUT2D eigenvalue weighted by Gasteiger charge is -2.32. The molecule has 1 aliphatic heterocycles. The molecular formula is C21H32N2O2. The van der Waals surface area contributed by atoms with E-state index in [9.17, 15) is 4.79 Å². The third kappa shape index (κ3) is 5.21. The van der Waals surface area contributed by atoms with Crippen LogP contribution in [0, 0.1) is 11.8 Å². The van der Waals surface area contributed by atoms with Gasteiger partial charge in [0.1, 0.15) is 5.75 Å². The summed E-state index contributed by atoms with van der Waals surface area (Å²) < 4.78 is 5.94. The molecule has 1 amide bonds.